The highest BCUT2D eigenvalue weighted by atomic mass is 32.1. The van der Waals surface area contributed by atoms with E-state index >= 15 is 0 Å². The average molecular weight is 407 g/mol. The molecular weight excluding hydrogens is 380 g/mol. The first kappa shape index (κ1) is 21.6. The van der Waals surface area contributed by atoms with E-state index in [1.54, 1.807) is 45.6 Å². The van der Waals surface area contributed by atoms with Crippen molar-refractivity contribution in [3.63, 3.8) is 0 Å². The van der Waals surface area contributed by atoms with Crippen LogP contribution in [0.15, 0.2) is 29.6 Å². The van der Waals surface area contributed by atoms with Gasteiger partial charge in [0.05, 0.1) is 26.2 Å². The standard InChI is InChI=1S/C20H26N2O5S/c1-12(2)18(22-19(23)17-7-6-8-28-17)20(24)21-11-13-9-15(26-4)16(27-5)10-14(13)25-3/h6-10,12,18H,11H2,1-5H3,(H,21,24)(H,22,23)/t18-/m1/s1. The van der Waals surface area contributed by atoms with Crippen LogP contribution in [0.1, 0.15) is 29.1 Å². The van der Waals surface area contributed by atoms with Gasteiger partial charge in [-0.2, -0.15) is 0 Å². The quantitative estimate of drug-likeness (QED) is 0.669. The lowest BCUT2D eigenvalue weighted by molar-refractivity contribution is -0.124. The fourth-order valence-corrected chi connectivity index (χ4v) is 3.30. The van der Waals surface area contributed by atoms with Crippen LogP contribution in [-0.2, 0) is 11.3 Å². The summed E-state index contributed by atoms with van der Waals surface area (Å²) in [6.45, 7) is 3.99. The molecule has 1 heterocycles. The number of hydrogen-bond acceptors (Lipinski definition) is 6. The molecule has 0 saturated heterocycles. The van der Waals surface area contributed by atoms with Gasteiger partial charge in [0, 0.05) is 18.2 Å². The predicted molar refractivity (Wildman–Crippen MR) is 108 cm³/mol. The van der Waals surface area contributed by atoms with Crippen molar-refractivity contribution in [2.24, 2.45) is 5.92 Å². The fraction of sp³-hybridized carbons (Fsp3) is 0.400. The summed E-state index contributed by atoms with van der Waals surface area (Å²) in [6.07, 6.45) is 0. The minimum absolute atomic E-state index is 0.0730. The lowest BCUT2D eigenvalue weighted by Gasteiger charge is -2.22. The Labute approximate surface area is 169 Å². The van der Waals surface area contributed by atoms with Crippen LogP contribution in [0.2, 0.25) is 0 Å². The van der Waals surface area contributed by atoms with Crippen LogP contribution in [0.5, 0.6) is 17.2 Å². The van der Waals surface area contributed by atoms with Crippen molar-refractivity contribution in [2.45, 2.75) is 26.4 Å². The fourth-order valence-electron chi connectivity index (χ4n) is 2.68. The Morgan fingerprint density at radius 3 is 2.21 bits per heavy atom. The zero-order chi connectivity index (χ0) is 20.7. The number of amides is 2. The molecule has 0 radical (unpaired) electrons. The second-order valence-electron chi connectivity index (χ2n) is 6.41. The Morgan fingerprint density at radius 2 is 1.68 bits per heavy atom. The van der Waals surface area contributed by atoms with Crippen molar-refractivity contribution < 1.29 is 23.8 Å². The molecule has 28 heavy (non-hydrogen) atoms. The van der Waals surface area contributed by atoms with Gasteiger partial charge < -0.3 is 24.8 Å². The zero-order valence-corrected chi connectivity index (χ0v) is 17.5. The Morgan fingerprint density at radius 1 is 1.04 bits per heavy atom. The van der Waals surface area contributed by atoms with Gasteiger partial charge in [-0.05, 0) is 23.4 Å². The maximum Gasteiger partial charge on any atom is 0.262 e. The van der Waals surface area contributed by atoms with Crippen molar-refractivity contribution in [1.82, 2.24) is 10.6 Å². The van der Waals surface area contributed by atoms with E-state index in [0.29, 0.717) is 22.1 Å². The topological polar surface area (TPSA) is 85.9 Å². The highest BCUT2D eigenvalue weighted by molar-refractivity contribution is 7.12. The summed E-state index contributed by atoms with van der Waals surface area (Å²) < 4.78 is 16.0. The third-order valence-electron chi connectivity index (χ3n) is 4.22. The summed E-state index contributed by atoms with van der Waals surface area (Å²) in [4.78, 5) is 25.6. The molecule has 2 rings (SSSR count). The van der Waals surface area contributed by atoms with Crippen LogP contribution in [0.25, 0.3) is 0 Å². The van der Waals surface area contributed by atoms with Gasteiger partial charge in [0.1, 0.15) is 11.8 Å². The Kier molecular flexibility index (Phi) is 7.69. The number of carbonyl (C=O) groups excluding carboxylic acids is 2. The molecule has 2 amide bonds. The molecule has 0 unspecified atom stereocenters. The number of hydrogen-bond donors (Lipinski definition) is 2. The van der Waals surface area contributed by atoms with Crippen molar-refractivity contribution in [1.29, 1.82) is 0 Å². The highest BCUT2D eigenvalue weighted by Crippen LogP contribution is 2.34. The predicted octanol–water partition coefficient (Wildman–Crippen LogP) is 2.84. The number of carbonyl (C=O) groups is 2. The number of rotatable bonds is 9. The van der Waals surface area contributed by atoms with E-state index in [4.69, 9.17) is 14.2 Å². The summed E-state index contributed by atoms with van der Waals surface area (Å²) in [5.74, 6) is 1.05. The lowest BCUT2D eigenvalue weighted by Crippen LogP contribution is -2.49. The lowest BCUT2D eigenvalue weighted by atomic mass is 10.0. The third-order valence-corrected chi connectivity index (χ3v) is 5.09. The number of methoxy groups -OCH3 is 3. The van der Waals surface area contributed by atoms with E-state index in [1.165, 1.54) is 11.3 Å². The smallest absolute Gasteiger partial charge is 0.262 e. The molecule has 0 aliphatic heterocycles. The van der Waals surface area contributed by atoms with Gasteiger partial charge in [-0.25, -0.2) is 0 Å². The number of benzene rings is 1. The second kappa shape index (κ2) is 9.98. The van der Waals surface area contributed by atoms with E-state index in [9.17, 15) is 9.59 Å². The molecule has 2 N–H and O–H groups in total. The molecule has 1 aromatic carbocycles. The largest absolute Gasteiger partial charge is 0.496 e. The molecule has 0 bridgehead atoms. The van der Waals surface area contributed by atoms with Gasteiger partial charge in [0.15, 0.2) is 11.5 Å². The van der Waals surface area contributed by atoms with Gasteiger partial charge in [-0.3, -0.25) is 9.59 Å². The molecule has 0 fully saturated rings. The van der Waals surface area contributed by atoms with Gasteiger partial charge in [0.2, 0.25) is 5.91 Å². The van der Waals surface area contributed by atoms with Gasteiger partial charge in [0.25, 0.3) is 5.91 Å². The summed E-state index contributed by atoms with van der Waals surface area (Å²) in [5, 5.41) is 7.50. The molecule has 0 aliphatic carbocycles. The van der Waals surface area contributed by atoms with Crippen LogP contribution >= 0.6 is 11.3 Å². The van der Waals surface area contributed by atoms with Crippen LogP contribution in [0.3, 0.4) is 0 Å². The number of ether oxygens (including phenoxy) is 3. The first-order chi connectivity index (χ1) is 13.4. The first-order valence-electron chi connectivity index (χ1n) is 8.82. The van der Waals surface area contributed by atoms with Gasteiger partial charge in [-0.15, -0.1) is 11.3 Å². The molecule has 7 nitrogen and oxygen atoms in total. The summed E-state index contributed by atoms with van der Waals surface area (Å²) >= 11 is 1.33. The van der Waals surface area contributed by atoms with Crippen LogP contribution < -0.4 is 24.8 Å². The first-order valence-corrected chi connectivity index (χ1v) is 9.70. The van der Waals surface area contributed by atoms with Crippen LogP contribution in [0, 0.1) is 5.92 Å². The molecule has 1 aromatic heterocycles. The van der Waals surface area contributed by atoms with Crippen LogP contribution in [0.4, 0.5) is 0 Å². The van der Waals surface area contributed by atoms with Crippen molar-refractivity contribution >= 4 is 23.2 Å². The molecule has 0 spiro atoms. The van der Waals surface area contributed by atoms with E-state index in [-0.39, 0.29) is 24.3 Å². The van der Waals surface area contributed by atoms with Crippen molar-refractivity contribution in [3.8, 4) is 17.2 Å². The zero-order valence-electron chi connectivity index (χ0n) is 16.7. The van der Waals surface area contributed by atoms with E-state index in [1.807, 2.05) is 19.2 Å². The number of nitrogens with one attached hydrogen (secondary N) is 2. The SMILES string of the molecule is COc1cc(OC)c(OC)cc1CNC(=O)[C@H](NC(=O)c1cccs1)C(C)C. The molecule has 152 valence electrons. The minimum Gasteiger partial charge on any atom is -0.496 e. The van der Waals surface area contributed by atoms with Gasteiger partial charge in [-0.1, -0.05) is 19.9 Å². The number of thiophene rings is 1. The highest BCUT2D eigenvalue weighted by Gasteiger charge is 2.25. The Hall–Kier alpha value is -2.74. The molecule has 8 heteroatoms. The third kappa shape index (κ3) is 5.16. The summed E-state index contributed by atoms with van der Waals surface area (Å²) in [6, 6.07) is 6.34. The van der Waals surface area contributed by atoms with E-state index in [2.05, 4.69) is 10.6 Å². The molecule has 0 aliphatic rings. The maximum absolute atomic E-state index is 12.7. The average Bonchev–Trinajstić information content (AvgIpc) is 3.23. The summed E-state index contributed by atoms with van der Waals surface area (Å²) in [5.41, 5.74) is 0.737. The van der Waals surface area contributed by atoms with Gasteiger partial charge >= 0.3 is 0 Å². The Balaban J connectivity index is 2.11. The van der Waals surface area contributed by atoms with Crippen molar-refractivity contribution in [2.75, 3.05) is 21.3 Å². The monoisotopic (exact) mass is 406 g/mol. The molecular formula is C20H26N2O5S. The second-order valence-corrected chi connectivity index (χ2v) is 7.36. The van der Waals surface area contributed by atoms with Crippen molar-refractivity contribution in [3.05, 3.63) is 40.1 Å². The Bertz CT molecular complexity index is 805. The molecule has 1 atom stereocenters. The normalized spacial score (nSPS) is 11.6. The molecule has 2 aromatic rings. The van der Waals surface area contributed by atoms with E-state index in [0.717, 1.165) is 5.56 Å². The van der Waals surface area contributed by atoms with Crippen LogP contribution in [-0.4, -0.2) is 39.2 Å². The van der Waals surface area contributed by atoms with E-state index < -0.39 is 6.04 Å². The molecule has 0 saturated carbocycles. The summed E-state index contributed by atoms with van der Waals surface area (Å²) in [7, 11) is 4.63. The maximum atomic E-state index is 12.7. The minimum atomic E-state index is -0.652.